The topological polar surface area (TPSA) is 478 Å². The second-order valence-electron chi connectivity index (χ2n) is 40.3. The highest BCUT2D eigenvalue weighted by Crippen LogP contribution is 2.37. The Balaban J connectivity index is 0.000000200. The number of rotatable bonds is 13. The lowest BCUT2D eigenvalue weighted by Crippen LogP contribution is -2.57. The number of carbonyl (C=O) groups is 12. The van der Waals surface area contributed by atoms with Crippen molar-refractivity contribution in [1.82, 2.24) is 98.4 Å². The molecule has 0 radical (unpaired) electrons. The maximum Gasteiger partial charge on any atom is 0.243 e. The van der Waals surface area contributed by atoms with Gasteiger partial charge in [0, 0.05) is 112 Å². The van der Waals surface area contributed by atoms with E-state index in [-0.39, 0.29) is 131 Å². The summed E-state index contributed by atoms with van der Waals surface area (Å²) in [5.74, 6) is 1.34. The van der Waals surface area contributed by atoms with Gasteiger partial charge in [0.1, 0.15) is 109 Å². The molecular weight excluding hydrogens is 1860 g/mol. The van der Waals surface area contributed by atoms with Crippen molar-refractivity contribution in [2.24, 2.45) is 35.5 Å². The Labute approximate surface area is 860 Å². The number of nitrogens with zero attached hydrogens (tertiary/aromatic N) is 7. The molecular formula is C109H159N19O18. The third-order valence-electron chi connectivity index (χ3n) is 27.7. The zero-order valence-electron chi connectivity index (χ0n) is 87.9. The molecule has 3 aliphatic carbocycles. The SMILES string of the molecule is CC(C)C[C@H]1NC(=O)[C@@H](C)N(C)C(=O)[C@H](C2CC2)NCCOc2cccnc2CCCNC1=O.CCC(C)[C@@H]1NCCOc2cccnc2CCCNC(=O)[C@@H](CC(C)C)NC(=O)[C@@H](C)N(C)C1=O.C[C@@H]1C(=O)N[C@H](Cc2ccc(O)cc2)C(=O)NCCCc2ncccc2OCCN[C@@H](C2CC2)C(=O)N1C.C[C@@H]1CN[C@@H](C2CC2)C(=O)N(C)[C@H](C)C(=O)N[C@H](Cc2ccc(O)cc2)C(=O)NCCCc2ccccc2O1. The Morgan fingerprint density at radius 3 is 1.03 bits per heavy atom. The molecule has 0 spiro atoms. The summed E-state index contributed by atoms with van der Waals surface area (Å²) in [6.45, 7) is 25.7. The van der Waals surface area contributed by atoms with Crippen LogP contribution in [0.1, 0.15) is 193 Å². The number of likely N-dealkylation sites (N-methyl/N-ethyl adjacent to an activating group) is 4. The van der Waals surface area contributed by atoms with E-state index in [0.29, 0.717) is 141 Å². The Bertz CT molecular complexity index is 5240. The molecule has 4 aliphatic heterocycles. The van der Waals surface area contributed by atoms with Gasteiger partial charge in [-0.05, 0) is 256 Å². The molecule has 13 rings (SSSR count). The van der Waals surface area contributed by atoms with Crippen LogP contribution >= 0.6 is 0 Å². The molecule has 798 valence electrons. The van der Waals surface area contributed by atoms with E-state index in [1.165, 1.54) is 19.6 Å². The van der Waals surface area contributed by atoms with E-state index in [9.17, 15) is 67.7 Å². The molecule has 0 saturated heterocycles. The molecule has 7 aliphatic rings. The minimum atomic E-state index is -0.844. The number of hydrogen-bond donors (Lipinski definition) is 14. The summed E-state index contributed by atoms with van der Waals surface area (Å²) < 4.78 is 24.2. The van der Waals surface area contributed by atoms with Crippen molar-refractivity contribution in [2.45, 2.75) is 277 Å². The average Bonchev–Trinajstić information content (AvgIpc) is 1.68. The first-order valence-electron chi connectivity index (χ1n) is 52.3. The molecule has 12 amide bonds. The first-order valence-corrected chi connectivity index (χ1v) is 52.3. The maximum atomic E-state index is 13.5. The van der Waals surface area contributed by atoms with Gasteiger partial charge in [-0.25, -0.2) is 0 Å². The fraction of sp³-hybridized carbons (Fsp3) is 0.587. The van der Waals surface area contributed by atoms with E-state index >= 15 is 0 Å². The van der Waals surface area contributed by atoms with E-state index in [1.807, 2.05) is 109 Å². The van der Waals surface area contributed by atoms with Crippen molar-refractivity contribution in [3.05, 3.63) is 162 Å². The van der Waals surface area contributed by atoms with Gasteiger partial charge in [-0.2, -0.15) is 0 Å². The number of pyridine rings is 3. The zero-order chi connectivity index (χ0) is 106. The van der Waals surface area contributed by atoms with Crippen molar-refractivity contribution < 1.29 is 86.7 Å². The minimum absolute atomic E-state index is 0.0687. The summed E-state index contributed by atoms with van der Waals surface area (Å²) in [6, 6.07) is 24.6. The first kappa shape index (κ1) is 115. The highest BCUT2D eigenvalue weighted by atomic mass is 16.5. The molecule has 3 saturated carbocycles. The van der Waals surface area contributed by atoms with Crippen molar-refractivity contribution in [3.8, 4) is 34.5 Å². The van der Waals surface area contributed by atoms with Crippen molar-refractivity contribution in [1.29, 1.82) is 0 Å². The van der Waals surface area contributed by atoms with Crippen LogP contribution < -0.4 is 82.7 Å². The number of aromatic nitrogens is 3. The minimum Gasteiger partial charge on any atom is -0.508 e. The maximum absolute atomic E-state index is 13.5. The van der Waals surface area contributed by atoms with Gasteiger partial charge in [0.05, 0.1) is 41.2 Å². The summed E-state index contributed by atoms with van der Waals surface area (Å²) in [5.41, 5.74) is 5.12. The molecule has 37 nitrogen and oxygen atoms in total. The van der Waals surface area contributed by atoms with Gasteiger partial charge in [-0.15, -0.1) is 0 Å². The number of carbonyl (C=O) groups excluding carboxylic acids is 12. The van der Waals surface area contributed by atoms with Crippen LogP contribution in [0, 0.1) is 35.5 Å². The standard InChI is InChI=1S/C30H40N4O5.C28H37N5O5.C26H43N5O4.C25H39N5O4/c1-19-18-32-27(23-12-13-23)30(38)34(3)20(2)28(36)33-25(17-21-10-14-24(35)15-11-21)29(37)31-16-6-8-22-7-4-5-9-26(22)39-19;1-18-26(35)32-23(17-19-7-11-21(34)12-8-19)27(36)31-14-3-5-22-24(6-4-13-29-22)38-16-15-30-25(20-9-10-20)28(37)33(18)2;1-7-18(4)23-26(34)31(6)19(5)24(32)30-21(16-17(2)3)25(33)29-13-8-10-20-22(11-9-12-27-20)35-15-14-28-23;1-16(2)15-20-24(32)28-12-5-7-19-21(8-6-11-26-19)34-14-13-27-22(18-9-10-18)25(33)30(4)17(3)23(31)29-20/h4-5,7,9-11,14-15,19-20,23,25,27,32,35H,6,8,12-13,16-18H2,1-3H3,(H,31,37)(H,33,36);4,6-8,11-13,18,20,23,25,30,34H,3,5,9-10,14-17H2,1-2H3,(H,31,36)(H,32,35);9,11-12,17-19,21,23,28H,7-8,10,13-16H2,1-6H3,(H,29,33)(H,30,32);6,8,11,16-18,20,22,27H,5,7,9-10,12-15H2,1-4H3,(H,28,32)(H,29,31)/t19-,20-,25-,27+;18-,23-,25+;18?,19-,21-,23+;17-,20-,22+/m1111/s1. The third-order valence-corrected chi connectivity index (χ3v) is 27.7. The van der Waals surface area contributed by atoms with Crippen molar-refractivity contribution >= 4 is 70.9 Å². The van der Waals surface area contributed by atoms with E-state index < -0.39 is 78.3 Å². The number of ether oxygens (including phenoxy) is 4. The van der Waals surface area contributed by atoms with Gasteiger partial charge >= 0.3 is 0 Å². The van der Waals surface area contributed by atoms with Crippen LogP contribution in [-0.4, -0.2) is 295 Å². The van der Waals surface area contributed by atoms with Crippen LogP contribution in [0.4, 0.5) is 0 Å². The van der Waals surface area contributed by atoms with Crippen LogP contribution in [0.2, 0.25) is 0 Å². The molecule has 0 bridgehead atoms. The fourth-order valence-corrected chi connectivity index (χ4v) is 17.6. The molecule has 7 heterocycles. The van der Waals surface area contributed by atoms with Crippen molar-refractivity contribution in [2.75, 3.05) is 100 Å². The molecule has 14 N–H and O–H groups in total. The Kier molecular flexibility index (Phi) is 45.9. The molecule has 1 unspecified atom stereocenters. The van der Waals surface area contributed by atoms with E-state index in [0.717, 1.165) is 96.6 Å². The number of para-hydroxylation sites is 1. The first-order chi connectivity index (χ1) is 70.0. The van der Waals surface area contributed by atoms with E-state index in [4.69, 9.17) is 18.9 Å². The fourth-order valence-electron chi connectivity index (χ4n) is 17.6. The number of aromatic hydroxyl groups is 2. The normalized spacial score (nSPS) is 25.2. The summed E-state index contributed by atoms with van der Waals surface area (Å²) in [6.07, 6.45) is 18.6. The Hall–Kier alpha value is -12.6. The van der Waals surface area contributed by atoms with E-state index in [2.05, 4.69) is 78.8 Å². The number of aryl methyl sites for hydroxylation is 4. The largest absolute Gasteiger partial charge is 0.508 e. The number of hydrogen-bond acceptors (Lipinski definition) is 25. The summed E-state index contributed by atoms with van der Waals surface area (Å²) >= 11 is 0. The number of amides is 12. The lowest BCUT2D eigenvalue weighted by molar-refractivity contribution is -0.141. The number of phenolic OH excluding ortho intramolecular Hbond substituents is 2. The predicted octanol–water partition coefficient (Wildman–Crippen LogP) is 6.51. The second-order valence-corrected chi connectivity index (χ2v) is 40.3. The Morgan fingerprint density at radius 1 is 0.363 bits per heavy atom. The number of phenols is 2. The number of nitrogens with one attached hydrogen (secondary N) is 12. The summed E-state index contributed by atoms with van der Waals surface area (Å²) in [5, 5.41) is 55.9. The molecule has 3 aromatic carbocycles. The van der Waals surface area contributed by atoms with Gasteiger partial charge in [-0.3, -0.25) is 72.5 Å². The van der Waals surface area contributed by atoms with Gasteiger partial charge in [-0.1, -0.05) is 90.4 Å². The number of fused-ring (bicyclic) bond motifs is 4. The highest BCUT2D eigenvalue weighted by molar-refractivity contribution is 5.96. The smallest absolute Gasteiger partial charge is 0.243 e. The van der Waals surface area contributed by atoms with E-state index in [1.54, 1.807) is 123 Å². The van der Waals surface area contributed by atoms with Gasteiger partial charge in [0.25, 0.3) is 0 Å². The third kappa shape index (κ3) is 36.2. The molecule has 14 atom stereocenters. The second kappa shape index (κ2) is 58.1. The molecule has 37 heteroatoms. The Morgan fingerprint density at radius 2 is 0.678 bits per heavy atom. The van der Waals surface area contributed by atoms with Crippen molar-refractivity contribution in [3.63, 3.8) is 0 Å². The summed E-state index contributed by atoms with van der Waals surface area (Å²) in [7, 11) is 6.54. The van der Waals surface area contributed by atoms with Crippen LogP contribution in [0.25, 0.3) is 0 Å². The predicted molar refractivity (Wildman–Crippen MR) is 555 cm³/mol. The lowest BCUT2D eigenvalue weighted by atomic mass is 9.97. The average molecular weight is 2020 g/mol. The lowest BCUT2D eigenvalue weighted by Gasteiger charge is -2.32. The zero-order valence-corrected chi connectivity index (χ0v) is 87.9. The van der Waals surface area contributed by atoms with Gasteiger partial charge < -0.3 is 113 Å². The van der Waals surface area contributed by atoms with Crippen LogP contribution in [0.3, 0.4) is 0 Å². The molecule has 3 fully saturated rings. The van der Waals surface area contributed by atoms with Crippen LogP contribution in [0.15, 0.2) is 128 Å². The highest BCUT2D eigenvalue weighted by Gasteiger charge is 2.44. The molecule has 6 aromatic rings. The molecule has 3 aromatic heterocycles. The van der Waals surface area contributed by atoms with Gasteiger partial charge in [0.2, 0.25) is 70.9 Å². The molecule has 146 heavy (non-hydrogen) atoms. The summed E-state index contributed by atoms with van der Waals surface area (Å²) in [4.78, 5) is 177. The quantitative estimate of drug-likeness (QED) is 0.0586. The monoisotopic (exact) mass is 2020 g/mol. The number of benzene rings is 3. The van der Waals surface area contributed by atoms with Crippen LogP contribution in [-0.2, 0) is 96.1 Å². The van der Waals surface area contributed by atoms with Gasteiger partial charge in [0.15, 0.2) is 0 Å². The van der Waals surface area contributed by atoms with Crippen LogP contribution in [0.5, 0.6) is 34.5 Å².